The van der Waals surface area contributed by atoms with E-state index in [1.54, 1.807) is 13.0 Å². The molecular formula is C21H28F2O. The van der Waals surface area contributed by atoms with E-state index in [2.05, 4.69) is 13.0 Å². The van der Waals surface area contributed by atoms with Gasteiger partial charge in [0, 0.05) is 0 Å². The monoisotopic (exact) mass is 334 g/mol. The molecule has 132 valence electrons. The first-order valence-corrected chi connectivity index (χ1v) is 9.30. The lowest BCUT2D eigenvalue weighted by Crippen LogP contribution is -2.23. The minimum absolute atomic E-state index is 0.0161. The van der Waals surface area contributed by atoms with Gasteiger partial charge in [0.15, 0.2) is 11.6 Å². The molecule has 1 unspecified atom stereocenters. The first-order chi connectivity index (χ1) is 11.5. The van der Waals surface area contributed by atoms with Crippen LogP contribution in [0.25, 0.3) is 0 Å². The van der Waals surface area contributed by atoms with Gasteiger partial charge in [-0.1, -0.05) is 31.9 Å². The van der Waals surface area contributed by atoms with Crippen molar-refractivity contribution in [1.82, 2.24) is 0 Å². The first-order valence-electron chi connectivity index (χ1n) is 9.30. The van der Waals surface area contributed by atoms with Crippen LogP contribution in [0.15, 0.2) is 23.8 Å². The number of hydrogen-bond acceptors (Lipinski definition) is 1. The van der Waals surface area contributed by atoms with E-state index in [1.165, 1.54) is 43.7 Å². The molecule has 0 heterocycles. The molecule has 3 heteroatoms. The van der Waals surface area contributed by atoms with Gasteiger partial charge in [0.05, 0.1) is 0 Å². The van der Waals surface area contributed by atoms with Gasteiger partial charge >= 0.3 is 0 Å². The van der Waals surface area contributed by atoms with Crippen molar-refractivity contribution in [3.05, 3.63) is 41.0 Å². The summed E-state index contributed by atoms with van der Waals surface area (Å²) in [7, 11) is 0. The molecule has 1 aromatic rings. The zero-order valence-electron chi connectivity index (χ0n) is 14.8. The number of benzene rings is 1. The van der Waals surface area contributed by atoms with Crippen LogP contribution in [0.2, 0.25) is 0 Å². The van der Waals surface area contributed by atoms with E-state index in [9.17, 15) is 8.78 Å². The van der Waals surface area contributed by atoms with Gasteiger partial charge in [-0.05, 0) is 74.0 Å². The zero-order chi connectivity index (χ0) is 17.1. The van der Waals surface area contributed by atoms with Gasteiger partial charge in [0.1, 0.15) is 6.61 Å². The van der Waals surface area contributed by atoms with Crippen molar-refractivity contribution in [2.75, 3.05) is 6.61 Å². The van der Waals surface area contributed by atoms with Gasteiger partial charge in [-0.2, -0.15) is 4.39 Å². The maximum Gasteiger partial charge on any atom is 0.200 e. The van der Waals surface area contributed by atoms with E-state index in [-0.39, 0.29) is 5.75 Å². The Bertz CT molecular complexity index is 600. The predicted molar refractivity (Wildman–Crippen MR) is 93.1 cm³/mol. The summed E-state index contributed by atoms with van der Waals surface area (Å²) >= 11 is 0. The van der Waals surface area contributed by atoms with Crippen molar-refractivity contribution in [3.8, 4) is 5.75 Å². The standard InChI is InChI=1S/C21H28F2O/c1-14-3-8-17(9-4-14)18-10-6-16(7-11-18)13-24-19-12-5-15(2)20(22)21(19)23/h5-6,12,14,17-18H,3-4,7-11,13H2,1-2H3. The maximum atomic E-state index is 13.8. The van der Waals surface area contributed by atoms with Gasteiger partial charge in [0.2, 0.25) is 5.82 Å². The second-order valence-electron chi connectivity index (χ2n) is 7.71. The summed E-state index contributed by atoms with van der Waals surface area (Å²) in [4.78, 5) is 0. The Kier molecular flexibility index (Phi) is 5.57. The number of ether oxygens (including phenoxy) is 1. The molecule has 1 fully saturated rings. The van der Waals surface area contributed by atoms with E-state index in [4.69, 9.17) is 4.74 Å². The molecule has 0 N–H and O–H groups in total. The molecule has 0 radical (unpaired) electrons. The van der Waals surface area contributed by atoms with E-state index in [0.717, 1.165) is 30.6 Å². The maximum absolute atomic E-state index is 13.8. The molecule has 0 amide bonds. The van der Waals surface area contributed by atoms with Crippen LogP contribution >= 0.6 is 0 Å². The number of halogens is 2. The molecule has 0 spiro atoms. The molecule has 0 aliphatic heterocycles. The van der Waals surface area contributed by atoms with Crippen LogP contribution in [-0.4, -0.2) is 6.61 Å². The Morgan fingerprint density at radius 1 is 1.00 bits per heavy atom. The molecular weight excluding hydrogens is 306 g/mol. The molecule has 1 saturated carbocycles. The number of hydrogen-bond donors (Lipinski definition) is 0. The summed E-state index contributed by atoms with van der Waals surface area (Å²) in [5, 5.41) is 0. The number of rotatable bonds is 4. The molecule has 0 saturated heterocycles. The average Bonchev–Trinajstić information content (AvgIpc) is 2.60. The predicted octanol–water partition coefficient (Wildman–Crippen LogP) is 6.20. The Morgan fingerprint density at radius 2 is 1.75 bits per heavy atom. The Morgan fingerprint density at radius 3 is 2.42 bits per heavy atom. The van der Waals surface area contributed by atoms with E-state index >= 15 is 0 Å². The van der Waals surface area contributed by atoms with Gasteiger partial charge < -0.3 is 4.74 Å². The zero-order valence-corrected chi connectivity index (χ0v) is 14.8. The van der Waals surface area contributed by atoms with Crippen molar-refractivity contribution >= 4 is 0 Å². The molecule has 1 aromatic carbocycles. The Balaban J connectivity index is 1.52. The topological polar surface area (TPSA) is 9.23 Å². The fraction of sp³-hybridized carbons (Fsp3) is 0.619. The van der Waals surface area contributed by atoms with Crippen LogP contribution in [0.4, 0.5) is 8.78 Å². The van der Waals surface area contributed by atoms with Crippen molar-refractivity contribution < 1.29 is 13.5 Å². The lowest BCUT2D eigenvalue weighted by atomic mass is 9.72. The Hall–Kier alpha value is -1.38. The second kappa shape index (κ2) is 7.67. The fourth-order valence-electron chi connectivity index (χ4n) is 4.14. The normalized spacial score (nSPS) is 27.7. The third-order valence-electron chi connectivity index (χ3n) is 5.93. The van der Waals surface area contributed by atoms with Crippen LogP contribution in [-0.2, 0) is 0 Å². The summed E-state index contributed by atoms with van der Waals surface area (Å²) < 4.78 is 32.9. The van der Waals surface area contributed by atoms with Crippen LogP contribution in [0.1, 0.15) is 57.4 Å². The van der Waals surface area contributed by atoms with E-state index in [1.807, 2.05) is 0 Å². The summed E-state index contributed by atoms with van der Waals surface area (Å²) in [5.74, 6) is 0.909. The van der Waals surface area contributed by atoms with Gasteiger partial charge in [-0.15, -0.1) is 0 Å². The minimum atomic E-state index is -0.874. The van der Waals surface area contributed by atoms with Gasteiger partial charge in [-0.3, -0.25) is 0 Å². The summed E-state index contributed by atoms with van der Waals surface area (Å²) in [6.45, 7) is 4.28. The largest absolute Gasteiger partial charge is 0.486 e. The van der Waals surface area contributed by atoms with Crippen LogP contribution in [0.3, 0.4) is 0 Å². The summed E-state index contributed by atoms with van der Waals surface area (Å²) in [6, 6.07) is 3.08. The quantitative estimate of drug-likeness (QED) is 0.595. The number of aryl methyl sites for hydroxylation is 1. The summed E-state index contributed by atoms with van der Waals surface area (Å²) in [6.07, 6.45) is 11.1. The van der Waals surface area contributed by atoms with E-state index in [0.29, 0.717) is 12.2 Å². The Labute approximate surface area is 144 Å². The highest BCUT2D eigenvalue weighted by molar-refractivity contribution is 5.30. The van der Waals surface area contributed by atoms with E-state index < -0.39 is 11.6 Å². The molecule has 1 atom stereocenters. The molecule has 3 rings (SSSR count). The van der Waals surface area contributed by atoms with Crippen molar-refractivity contribution in [2.24, 2.45) is 17.8 Å². The molecule has 2 aliphatic rings. The minimum Gasteiger partial charge on any atom is -0.486 e. The summed E-state index contributed by atoms with van der Waals surface area (Å²) in [5.41, 5.74) is 1.53. The third-order valence-corrected chi connectivity index (χ3v) is 5.93. The third kappa shape index (κ3) is 3.99. The molecule has 2 aliphatic carbocycles. The first kappa shape index (κ1) is 17.4. The van der Waals surface area contributed by atoms with Crippen LogP contribution in [0.5, 0.6) is 5.75 Å². The highest BCUT2D eigenvalue weighted by Gasteiger charge is 2.27. The molecule has 0 aromatic heterocycles. The fourth-order valence-corrected chi connectivity index (χ4v) is 4.14. The van der Waals surface area contributed by atoms with Crippen molar-refractivity contribution in [2.45, 2.75) is 58.8 Å². The molecule has 1 nitrogen and oxygen atoms in total. The second-order valence-corrected chi connectivity index (χ2v) is 7.71. The number of allylic oxidation sites excluding steroid dienone is 1. The SMILES string of the molecule is Cc1ccc(OCC2=CCC(C3CCC(C)CC3)CC2)c(F)c1F. The molecule has 0 bridgehead atoms. The van der Waals surface area contributed by atoms with Gasteiger partial charge in [0.25, 0.3) is 0 Å². The molecule has 24 heavy (non-hydrogen) atoms. The van der Waals surface area contributed by atoms with Gasteiger partial charge in [-0.25, -0.2) is 4.39 Å². The van der Waals surface area contributed by atoms with Crippen LogP contribution in [0, 0.1) is 36.3 Å². The van der Waals surface area contributed by atoms with Crippen LogP contribution < -0.4 is 4.74 Å². The smallest absolute Gasteiger partial charge is 0.200 e. The lowest BCUT2D eigenvalue weighted by Gasteiger charge is -2.34. The highest BCUT2D eigenvalue weighted by atomic mass is 19.2. The van der Waals surface area contributed by atoms with Crippen molar-refractivity contribution in [1.29, 1.82) is 0 Å². The van der Waals surface area contributed by atoms with Crippen molar-refractivity contribution in [3.63, 3.8) is 0 Å². The highest BCUT2D eigenvalue weighted by Crippen LogP contribution is 2.39. The average molecular weight is 334 g/mol. The lowest BCUT2D eigenvalue weighted by molar-refractivity contribution is 0.197.